The standard InChI is InChI=1S/C17H17N3O5/c1-23-17(22)12(20-16(21)13-10-18-4-5-19-13)8-11-2-3-14-15(9-11)25-7-6-24-14/h2-5,9-10,12H,6-8H2,1H3,(H,20,21)/t12-/m0/s1. The van der Waals surface area contributed by atoms with E-state index >= 15 is 0 Å². The lowest BCUT2D eigenvalue weighted by molar-refractivity contribution is -0.142. The first-order chi connectivity index (χ1) is 12.2. The normalized spacial score (nSPS) is 13.6. The van der Waals surface area contributed by atoms with E-state index in [9.17, 15) is 9.59 Å². The third-order valence-corrected chi connectivity index (χ3v) is 3.63. The van der Waals surface area contributed by atoms with Gasteiger partial charge in [0.05, 0.1) is 13.3 Å². The number of ether oxygens (including phenoxy) is 3. The Kier molecular flexibility index (Phi) is 5.08. The predicted molar refractivity (Wildman–Crippen MR) is 86.4 cm³/mol. The Hall–Kier alpha value is -3.16. The first kappa shape index (κ1) is 16.7. The molecule has 0 radical (unpaired) electrons. The van der Waals surface area contributed by atoms with Gasteiger partial charge >= 0.3 is 5.97 Å². The predicted octanol–water partition coefficient (Wildman–Crippen LogP) is 0.762. The van der Waals surface area contributed by atoms with Gasteiger partial charge in [-0.15, -0.1) is 0 Å². The molecule has 8 nitrogen and oxygen atoms in total. The number of hydrogen-bond donors (Lipinski definition) is 1. The Morgan fingerprint density at radius 1 is 1.24 bits per heavy atom. The molecule has 0 aliphatic carbocycles. The van der Waals surface area contributed by atoms with E-state index in [1.54, 1.807) is 12.1 Å². The second-order valence-electron chi connectivity index (χ2n) is 5.32. The molecular formula is C17H17N3O5. The number of nitrogens with one attached hydrogen (secondary N) is 1. The van der Waals surface area contributed by atoms with Crippen LogP contribution in [0, 0.1) is 0 Å². The summed E-state index contributed by atoms with van der Waals surface area (Å²) >= 11 is 0. The van der Waals surface area contributed by atoms with Gasteiger partial charge in [0.2, 0.25) is 0 Å². The molecule has 1 aromatic carbocycles. The average Bonchev–Trinajstić information content (AvgIpc) is 2.67. The number of aromatic nitrogens is 2. The summed E-state index contributed by atoms with van der Waals surface area (Å²) in [6.07, 6.45) is 4.44. The van der Waals surface area contributed by atoms with Crippen molar-refractivity contribution in [2.45, 2.75) is 12.5 Å². The van der Waals surface area contributed by atoms with Crippen molar-refractivity contribution < 1.29 is 23.8 Å². The summed E-state index contributed by atoms with van der Waals surface area (Å²) in [5.41, 5.74) is 0.928. The minimum atomic E-state index is -0.859. The van der Waals surface area contributed by atoms with E-state index < -0.39 is 17.9 Å². The number of carbonyl (C=O) groups is 2. The van der Waals surface area contributed by atoms with Gasteiger partial charge in [0.15, 0.2) is 11.5 Å². The maximum Gasteiger partial charge on any atom is 0.328 e. The largest absolute Gasteiger partial charge is 0.486 e. The van der Waals surface area contributed by atoms with Crippen LogP contribution in [0.5, 0.6) is 11.5 Å². The molecule has 1 aliphatic rings. The lowest BCUT2D eigenvalue weighted by atomic mass is 10.0. The van der Waals surface area contributed by atoms with Gasteiger partial charge in [-0.1, -0.05) is 6.07 Å². The van der Waals surface area contributed by atoms with Crippen molar-refractivity contribution in [3.8, 4) is 11.5 Å². The van der Waals surface area contributed by atoms with Gasteiger partial charge in [0.1, 0.15) is 24.9 Å². The smallest absolute Gasteiger partial charge is 0.328 e. The number of fused-ring (bicyclic) bond motifs is 1. The maximum absolute atomic E-state index is 12.2. The molecule has 25 heavy (non-hydrogen) atoms. The maximum atomic E-state index is 12.2. The molecule has 1 aromatic heterocycles. The molecule has 0 saturated heterocycles. The van der Waals surface area contributed by atoms with Crippen LogP contribution in [0.2, 0.25) is 0 Å². The number of carbonyl (C=O) groups excluding carboxylic acids is 2. The van der Waals surface area contributed by atoms with Crippen molar-refractivity contribution in [3.05, 3.63) is 48.0 Å². The Morgan fingerprint density at radius 2 is 2.04 bits per heavy atom. The average molecular weight is 343 g/mol. The van der Waals surface area contributed by atoms with Crippen molar-refractivity contribution in [1.29, 1.82) is 0 Å². The van der Waals surface area contributed by atoms with Gasteiger partial charge in [-0.3, -0.25) is 9.78 Å². The van der Waals surface area contributed by atoms with E-state index in [2.05, 4.69) is 15.3 Å². The van der Waals surface area contributed by atoms with Crippen molar-refractivity contribution in [1.82, 2.24) is 15.3 Å². The van der Waals surface area contributed by atoms with Gasteiger partial charge in [0.25, 0.3) is 5.91 Å². The first-order valence-corrected chi connectivity index (χ1v) is 7.70. The van der Waals surface area contributed by atoms with Crippen LogP contribution in [-0.4, -0.2) is 48.2 Å². The second kappa shape index (κ2) is 7.61. The quantitative estimate of drug-likeness (QED) is 0.800. The number of benzene rings is 1. The van der Waals surface area contributed by atoms with Crippen molar-refractivity contribution in [2.75, 3.05) is 20.3 Å². The van der Waals surface area contributed by atoms with E-state index in [0.717, 1.165) is 5.56 Å². The number of rotatable bonds is 5. The highest BCUT2D eigenvalue weighted by Crippen LogP contribution is 2.31. The van der Waals surface area contributed by atoms with Crippen LogP contribution in [0.1, 0.15) is 16.1 Å². The van der Waals surface area contributed by atoms with Crippen LogP contribution < -0.4 is 14.8 Å². The molecule has 8 heteroatoms. The molecule has 3 rings (SSSR count). The topological polar surface area (TPSA) is 99.6 Å². The zero-order valence-electron chi connectivity index (χ0n) is 13.6. The fraction of sp³-hybridized carbons (Fsp3) is 0.294. The summed E-state index contributed by atoms with van der Waals surface area (Å²) in [5, 5.41) is 2.62. The number of nitrogens with zero attached hydrogens (tertiary/aromatic N) is 2. The van der Waals surface area contributed by atoms with Crippen LogP contribution in [-0.2, 0) is 16.0 Å². The third kappa shape index (κ3) is 4.03. The fourth-order valence-corrected chi connectivity index (χ4v) is 2.43. The van der Waals surface area contributed by atoms with Crippen LogP contribution in [0.4, 0.5) is 0 Å². The zero-order valence-corrected chi connectivity index (χ0v) is 13.6. The van der Waals surface area contributed by atoms with Crippen LogP contribution in [0.15, 0.2) is 36.8 Å². The highest BCUT2D eigenvalue weighted by Gasteiger charge is 2.24. The van der Waals surface area contributed by atoms with E-state index in [0.29, 0.717) is 24.7 Å². The summed E-state index contributed by atoms with van der Waals surface area (Å²) in [6, 6.07) is 4.53. The summed E-state index contributed by atoms with van der Waals surface area (Å²) in [5.74, 6) is 0.231. The molecule has 130 valence electrons. The van der Waals surface area contributed by atoms with E-state index in [1.807, 2.05) is 6.07 Å². The van der Waals surface area contributed by atoms with Crippen molar-refractivity contribution >= 4 is 11.9 Å². The number of amides is 1. The van der Waals surface area contributed by atoms with E-state index in [-0.39, 0.29) is 12.1 Å². The SMILES string of the molecule is COC(=O)[C@H](Cc1ccc2c(c1)OCCO2)NC(=O)c1cnccn1. The molecule has 1 atom stereocenters. The van der Waals surface area contributed by atoms with Gasteiger partial charge in [-0.05, 0) is 17.7 Å². The third-order valence-electron chi connectivity index (χ3n) is 3.63. The highest BCUT2D eigenvalue weighted by atomic mass is 16.6. The van der Waals surface area contributed by atoms with Gasteiger partial charge in [0, 0.05) is 18.8 Å². The molecule has 0 bridgehead atoms. The minimum Gasteiger partial charge on any atom is -0.486 e. The Balaban J connectivity index is 1.75. The molecule has 1 aliphatic heterocycles. The molecular weight excluding hydrogens is 326 g/mol. The van der Waals surface area contributed by atoms with E-state index in [4.69, 9.17) is 14.2 Å². The summed E-state index contributed by atoms with van der Waals surface area (Å²) < 4.78 is 15.8. The lowest BCUT2D eigenvalue weighted by Crippen LogP contribution is -2.43. The fourth-order valence-electron chi connectivity index (χ4n) is 2.43. The van der Waals surface area contributed by atoms with Crippen molar-refractivity contribution in [3.63, 3.8) is 0 Å². The van der Waals surface area contributed by atoms with Gasteiger partial charge in [-0.25, -0.2) is 9.78 Å². The summed E-state index contributed by atoms with van der Waals surface area (Å²) in [6.45, 7) is 0.978. The van der Waals surface area contributed by atoms with Crippen LogP contribution in [0.3, 0.4) is 0 Å². The summed E-state index contributed by atoms with van der Waals surface area (Å²) in [4.78, 5) is 32.0. The second-order valence-corrected chi connectivity index (χ2v) is 5.32. The number of hydrogen-bond acceptors (Lipinski definition) is 7. The monoisotopic (exact) mass is 343 g/mol. The number of methoxy groups -OCH3 is 1. The minimum absolute atomic E-state index is 0.124. The van der Waals surface area contributed by atoms with E-state index in [1.165, 1.54) is 25.7 Å². The lowest BCUT2D eigenvalue weighted by Gasteiger charge is -2.20. The Labute approximate surface area is 144 Å². The zero-order chi connectivity index (χ0) is 17.6. The molecule has 2 aromatic rings. The van der Waals surface area contributed by atoms with Crippen molar-refractivity contribution in [2.24, 2.45) is 0 Å². The summed E-state index contributed by atoms with van der Waals surface area (Å²) in [7, 11) is 1.27. The molecule has 2 heterocycles. The Morgan fingerprint density at radius 3 is 2.76 bits per heavy atom. The number of esters is 1. The van der Waals surface area contributed by atoms with Crippen LogP contribution >= 0.6 is 0 Å². The molecule has 0 fully saturated rings. The van der Waals surface area contributed by atoms with Gasteiger partial charge in [-0.2, -0.15) is 0 Å². The first-order valence-electron chi connectivity index (χ1n) is 7.70. The van der Waals surface area contributed by atoms with Gasteiger partial charge < -0.3 is 19.5 Å². The molecule has 1 N–H and O–H groups in total. The molecule has 0 spiro atoms. The molecule has 0 saturated carbocycles. The molecule has 1 amide bonds. The Bertz CT molecular complexity index is 766. The molecule has 0 unspecified atom stereocenters. The van der Waals surface area contributed by atoms with Crippen LogP contribution in [0.25, 0.3) is 0 Å². The highest BCUT2D eigenvalue weighted by molar-refractivity contribution is 5.95.